The van der Waals surface area contributed by atoms with Crippen LogP contribution in [0.15, 0.2) is 30.9 Å². The van der Waals surface area contributed by atoms with E-state index in [2.05, 4.69) is 10.1 Å². The van der Waals surface area contributed by atoms with Crippen molar-refractivity contribution in [2.75, 3.05) is 0 Å². The first kappa shape index (κ1) is 16.8. The lowest BCUT2D eigenvalue weighted by atomic mass is 9.97. The molecule has 0 radical (unpaired) electrons. The molecular weight excluding hydrogens is 325 g/mol. The van der Waals surface area contributed by atoms with E-state index in [0.717, 1.165) is 0 Å². The summed E-state index contributed by atoms with van der Waals surface area (Å²) in [6.07, 6.45) is 2.41. The van der Waals surface area contributed by atoms with Gasteiger partial charge in [-0.25, -0.2) is 9.67 Å². The summed E-state index contributed by atoms with van der Waals surface area (Å²) in [5, 5.41) is 5.01. The molecule has 0 aliphatic rings. The second-order valence-corrected chi connectivity index (χ2v) is 6.77. The summed E-state index contributed by atoms with van der Waals surface area (Å²) in [4.78, 5) is 16.1. The van der Waals surface area contributed by atoms with E-state index < -0.39 is 11.5 Å². The van der Waals surface area contributed by atoms with Gasteiger partial charge in [0.15, 0.2) is 0 Å². The third-order valence-corrected chi connectivity index (χ3v) is 3.55. The zero-order valence-electron chi connectivity index (χ0n) is 12.6. The van der Waals surface area contributed by atoms with Crippen LogP contribution in [0.1, 0.15) is 32.4 Å². The molecule has 0 aliphatic heterocycles. The highest BCUT2D eigenvalue weighted by molar-refractivity contribution is 6.35. The Labute approximate surface area is 139 Å². The SMILES string of the molecule is CC(C)(C)C(=O)OC(Cn1cncn1)c1ccc(Cl)cc1Cl. The molecule has 0 aliphatic carbocycles. The first-order valence-corrected chi connectivity index (χ1v) is 7.51. The van der Waals surface area contributed by atoms with Crippen molar-refractivity contribution in [1.29, 1.82) is 0 Å². The predicted octanol–water partition coefficient (Wildman–Crippen LogP) is 3.92. The van der Waals surface area contributed by atoms with E-state index in [4.69, 9.17) is 27.9 Å². The lowest BCUT2D eigenvalue weighted by Gasteiger charge is -2.24. The monoisotopic (exact) mass is 341 g/mol. The summed E-state index contributed by atoms with van der Waals surface area (Å²) in [7, 11) is 0. The van der Waals surface area contributed by atoms with E-state index in [-0.39, 0.29) is 5.97 Å². The number of nitrogens with zero attached hydrogens (tertiary/aromatic N) is 3. The molecule has 0 saturated carbocycles. The number of carbonyl (C=O) groups is 1. The van der Waals surface area contributed by atoms with Gasteiger partial charge in [0.25, 0.3) is 0 Å². The summed E-state index contributed by atoms with van der Waals surface area (Å²) in [5.41, 5.74) is 0.0682. The lowest BCUT2D eigenvalue weighted by molar-refractivity contribution is -0.159. The number of esters is 1. The average Bonchev–Trinajstić information content (AvgIpc) is 2.89. The first-order valence-electron chi connectivity index (χ1n) is 6.76. The number of hydrogen-bond acceptors (Lipinski definition) is 4. The molecule has 2 rings (SSSR count). The van der Waals surface area contributed by atoms with Gasteiger partial charge < -0.3 is 4.74 Å². The number of carbonyl (C=O) groups excluding carboxylic acids is 1. The van der Waals surface area contributed by atoms with Crippen molar-refractivity contribution >= 4 is 29.2 Å². The van der Waals surface area contributed by atoms with Gasteiger partial charge in [-0.05, 0) is 32.9 Å². The maximum Gasteiger partial charge on any atom is 0.311 e. The quantitative estimate of drug-likeness (QED) is 0.791. The van der Waals surface area contributed by atoms with Crippen molar-refractivity contribution in [3.05, 3.63) is 46.5 Å². The van der Waals surface area contributed by atoms with Gasteiger partial charge in [0, 0.05) is 15.6 Å². The van der Waals surface area contributed by atoms with Crippen LogP contribution in [0.25, 0.3) is 0 Å². The molecule has 1 unspecified atom stereocenters. The van der Waals surface area contributed by atoms with Crippen molar-refractivity contribution in [3.63, 3.8) is 0 Å². The number of ether oxygens (including phenoxy) is 1. The molecule has 118 valence electrons. The molecule has 0 bridgehead atoms. The molecule has 0 amide bonds. The van der Waals surface area contributed by atoms with Crippen LogP contribution in [0.4, 0.5) is 0 Å². The van der Waals surface area contributed by atoms with Gasteiger partial charge in [-0.2, -0.15) is 5.10 Å². The second kappa shape index (κ2) is 6.67. The Hall–Kier alpha value is -1.59. The zero-order valence-corrected chi connectivity index (χ0v) is 14.1. The molecule has 22 heavy (non-hydrogen) atoms. The minimum absolute atomic E-state index is 0.316. The lowest BCUT2D eigenvalue weighted by Crippen LogP contribution is -2.27. The number of aromatic nitrogens is 3. The van der Waals surface area contributed by atoms with Gasteiger partial charge in [0.05, 0.1) is 12.0 Å². The van der Waals surface area contributed by atoms with Gasteiger partial charge >= 0.3 is 5.97 Å². The van der Waals surface area contributed by atoms with E-state index in [9.17, 15) is 4.79 Å². The molecule has 1 aromatic carbocycles. The maximum atomic E-state index is 12.2. The number of benzene rings is 1. The number of hydrogen-bond donors (Lipinski definition) is 0. The molecule has 7 heteroatoms. The largest absolute Gasteiger partial charge is 0.455 e. The fourth-order valence-corrected chi connectivity index (χ4v) is 2.29. The summed E-state index contributed by atoms with van der Waals surface area (Å²) in [6, 6.07) is 5.09. The Balaban J connectivity index is 2.30. The molecule has 1 heterocycles. The van der Waals surface area contributed by atoms with E-state index in [0.29, 0.717) is 22.2 Å². The standard InChI is InChI=1S/C15H17Cl2N3O2/c1-15(2,3)14(21)22-13(7-20-9-18-8-19-20)11-5-4-10(16)6-12(11)17/h4-6,8-9,13H,7H2,1-3H3. The Kier molecular flexibility index (Phi) is 5.08. The summed E-state index contributed by atoms with van der Waals surface area (Å²) < 4.78 is 7.23. The second-order valence-electron chi connectivity index (χ2n) is 5.93. The molecule has 0 saturated heterocycles. The molecule has 0 fully saturated rings. The predicted molar refractivity (Wildman–Crippen MR) is 84.8 cm³/mol. The minimum Gasteiger partial charge on any atom is -0.455 e. The molecule has 1 aromatic heterocycles. The van der Waals surface area contributed by atoms with Crippen molar-refractivity contribution in [1.82, 2.24) is 14.8 Å². The van der Waals surface area contributed by atoms with E-state index in [1.54, 1.807) is 50.0 Å². The van der Waals surface area contributed by atoms with E-state index >= 15 is 0 Å². The van der Waals surface area contributed by atoms with Crippen LogP contribution in [0.5, 0.6) is 0 Å². The Morgan fingerprint density at radius 3 is 2.64 bits per heavy atom. The molecular formula is C15H17Cl2N3O2. The van der Waals surface area contributed by atoms with Crippen LogP contribution in [0, 0.1) is 5.41 Å². The van der Waals surface area contributed by atoms with Crippen LogP contribution in [-0.2, 0) is 16.1 Å². The van der Waals surface area contributed by atoms with Gasteiger partial charge in [0.2, 0.25) is 0 Å². The summed E-state index contributed by atoms with van der Waals surface area (Å²) in [5.74, 6) is -0.316. The number of halogens is 2. The summed E-state index contributed by atoms with van der Waals surface area (Å²) in [6.45, 7) is 5.71. The third-order valence-electron chi connectivity index (χ3n) is 2.99. The smallest absolute Gasteiger partial charge is 0.311 e. The average molecular weight is 342 g/mol. The molecule has 0 N–H and O–H groups in total. The van der Waals surface area contributed by atoms with Crippen LogP contribution in [0.3, 0.4) is 0 Å². The fraction of sp³-hybridized carbons (Fsp3) is 0.400. The normalized spacial score (nSPS) is 13.0. The fourth-order valence-electron chi connectivity index (χ4n) is 1.76. The highest BCUT2D eigenvalue weighted by Gasteiger charge is 2.28. The Bertz CT molecular complexity index is 651. The maximum absolute atomic E-state index is 12.2. The van der Waals surface area contributed by atoms with Crippen molar-refractivity contribution in [3.8, 4) is 0 Å². The van der Waals surface area contributed by atoms with E-state index in [1.165, 1.54) is 6.33 Å². The van der Waals surface area contributed by atoms with Crippen molar-refractivity contribution < 1.29 is 9.53 Å². The third kappa shape index (κ3) is 4.21. The van der Waals surface area contributed by atoms with Gasteiger partial charge in [-0.15, -0.1) is 0 Å². The molecule has 0 spiro atoms. The highest BCUT2D eigenvalue weighted by Crippen LogP contribution is 2.31. The first-order chi connectivity index (χ1) is 10.3. The van der Waals surface area contributed by atoms with Gasteiger partial charge in [-0.1, -0.05) is 29.3 Å². The van der Waals surface area contributed by atoms with Gasteiger partial charge in [0.1, 0.15) is 18.8 Å². The topological polar surface area (TPSA) is 57.0 Å². The van der Waals surface area contributed by atoms with Crippen molar-refractivity contribution in [2.45, 2.75) is 33.4 Å². The van der Waals surface area contributed by atoms with Crippen LogP contribution in [-0.4, -0.2) is 20.7 Å². The Morgan fingerprint density at radius 2 is 2.09 bits per heavy atom. The molecule has 5 nitrogen and oxygen atoms in total. The van der Waals surface area contributed by atoms with Crippen molar-refractivity contribution in [2.24, 2.45) is 5.41 Å². The molecule has 2 aromatic rings. The minimum atomic E-state index is -0.612. The number of rotatable bonds is 4. The Morgan fingerprint density at radius 1 is 1.36 bits per heavy atom. The van der Waals surface area contributed by atoms with Crippen LogP contribution < -0.4 is 0 Å². The van der Waals surface area contributed by atoms with Crippen LogP contribution >= 0.6 is 23.2 Å². The summed E-state index contributed by atoms with van der Waals surface area (Å²) >= 11 is 12.2. The van der Waals surface area contributed by atoms with Gasteiger partial charge in [-0.3, -0.25) is 4.79 Å². The zero-order chi connectivity index (χ0) is 16.3. The van der Waals surface area contributed by atoms with E-state index in [1.807, 2.05) is 0 Å². The highest BCUT2D eigenvalue weighted by atomic mass is 35.5. The van der Waals surface area contributed by atoms with Crippen LogP contribution in [0.2, 0.25) is 10.0 Å². The molecule has 1 atom stereocenters.